The molecule has 0 radical (unpaired) electrons. The van der Waals surface area contributed by atoms with Gasteiger partial charge in [0.1, 0.15) is 0 Å². The van der Waals surface area contributed by atoms with Gasteiger partial charge in [0.15, 0.2) is 0 Å². The number of fused-ring (bicyclic) bond motifs is 1. The molecule has 0 aromatic carbocycles. The predicted octanol–water partition coefficient (Wildman–Crippen LogP) is 0.357. The normalized spacial score (nSPS) is 17.3. The van der Waals surface area contributed by atoms with Crippen LogP contribution in [0.2, 0.25) is 0 Å². The van der Waals surface area contributed by atoms with Crippen LogP contribution in [0, 0.1) is 0 Å². The van der Waals surface area contributed by atoms with Crippen LogP contribution in [0.25, 0.3) is 0 Å². The van der Waals surface area contributed by atoms with Crippen LogP contribution in [0.5, 0.6) is 0 Å². The van der Waals surface area contributed by atoms with Crippen LogP contribution in [0.15, 0.2) is 18.3 Å². The first-order chi connectivity index (χ1) is 6.07. The molecule has 70 valence electrons. The van der Waals surface area contributed by atoms with E-state index in [1.54, 1.807) is 6.20 Å². The zero-order valence-corrected chi connectivity index (χ0v) is 8.08. The standard InChI is InChI=1S/C8H10N2O2S/c1-13(11,12)10-5-7-3-2-4-9-8(7)6-10/h2-4H,5-6H2,1H3. The first kappa shape index (κ1) is 8.65. The van der Waals surface area contributed by atoms with Gasteiger partial charge in [0.05, 0.1) is 18.5 Å². The monoisotopic (exact) mass is 198 g/mol. The van der Waals surface area contributed by atoms with E-state index in [0.29, 0.717) is 13.1 Å². The zero-order valence-electron chi connectivity index (χ0n) is 7.27. The second-order valence-electron chi connectivity index (χ2n) is 3.14. The van der Waals surface area contributed by atoms with Crippen LogP contribution in [0.3, 0.4) is 0 Å². The fourth-order valence-electron chi connectivity index (χ4n) is 1.41. The lowest BCUT2D eigenvalue weighted by molar-refractivity contribution is 0.434. The summed E-state index contributed by atoms with van der Waals surface area (Å²) in [5.41, 5.74) is 1.88. The van der Waals surface area contributed by atoms with Crippen LogP contribution in [-0.2, 0) is 23.1 Å². The van der Waals surface area contributed by atoms with Crippen LogP contribution in [0.1, 0.15) is 11.3 Å². The number of hydrogen-bond acceptors (Lipinski definition) is 3. The summed E-state index contributed by atoms with van der Waals surface area (Å²) in [5, 5.41) is 0. The lowest BCUT2D eigenvalue weighted by Crippen LogP contribution is -2.23. The van der Waals surface area contributed by atoms with E-state index in [9.17, 15) is 8.42 Å². The fourth-order valence-corrected chi connectivity index (χ4v) is 2.14. The van der Waals surface area contributed by atoms with Crippen molar-refractivity contribution >= 4 is 10.0 Å². The summed E-state index contributed by atoms with van der Waals surface area (Å²) in [4.78, 5) is 4.12. The molecule has 1 aliphatic rings. The van der Waals surface area contributed by atoms with Crippen molar-refractivity contribution in [2.45, 2.75) is 13.1 Å². The first-order valence-electron chi connectivity index (χ1n) is 3.95. The Labute approximate surface area is 77.3 Å². The van der Waals surface area contributed by atoms with Crippen LogP contribution >= 0.6 is 0 Å². The molecular formula is C8H10N2O2S. The van der Waals surface area contributed by atoms with Crippen molar-refractivity contribution in [3.05, 3.63) is 29.6 Å². The van der Waals surface area contributed by atoms with Gasteiger partial charge in [0.2, 0.25) is 10.0 Å². The number of rotatable bonds is 1. The highest BCUT2D eigenvalue weighted by atomic mass is 32.2. The van der Waals surface area contributed by atoms with Crippen molar-refractivity contribution in [1.82, 2.24) is 9.29 Å². The maximum atomic E-state index is 11.2. The number of hydrogen-bond donors (Lipinski definition) is 0. The van der Waals surface area contributed by atoms with Crippen LogP contribution < -0.4 is 0 Å². The SMILES string of the molecule is CS(=O)(=O)N1Cc2cccnc2C1. The van der Waals surface area contributed by atoms with Gasteiger partial charge in [-0.25, -0.2) is 8.42 Å². The Morgan fingerprint density at radius 1 is 1.46 bits per heavy atom. The Balaban J connectivity index is 2.33. The molecule has 1 aromatic rings. The Hall–Kier alpha value is -0.940. The highest BCUT2D eigenvalue weighted by molar-refractivity contribution is 7.88. The van der Waals surface area contributed by atoms with Gasteiger partial charge in [0.25, 0.3) is 0 Å². The van der Waals surface area contributed by atoms with Crippen LogP contribution in [-0.4, -0.2) is 24.0 Å². The average molecular weight is 198 g/mol. The van der Waals surface area contributed by atoms with Crippen LogP contribution in [0.4, 0.5) is 0 Å². The molecule has 4 nitrogen and oxygen atoms in total. The van der Waals surface area contributed by atoms with E-state index >= 15 is 0 Å². The van der Waals surface area contributed by atoms with Crippen molar-refractivity contribution in [3.63, 3.8) is 0 Å². The first-order valence-corrected chi connectivity index (χ1v) is 5.80. The molecule has 0 bridgehead atoms. The second-order valence-corrected chi connectivity index (χ2v) is 5.12. The maximum absolute atomic E-state index is 11.2. The molecule has 13 heavy (non-hydrogen) atoms. The molecule has 1 aliphatic heterocycles. The largest absolute Gasteiger partial charge is 0.260 e. The molecule has 0 saturated heterocycles. The Bertz CT molecular complexity index is 403. The van der Waals surface area contributed by atoms with E-state index in [0.717, 1.165) is 11.3 Å². The Morgan fingerprint density at radius 3 is 2.85 bits per heavy atom. The van der Waals surface area contributed by atoms with Crippen molar-refractivity contribution in [3.8, 4) is 0 Å². The van der Waals surface area contributed by atoms with Crippen molar-refractivity contribution in [1.29, 1.82) is 0 Å². The summed E-state index contributed by atoms with van der Waals surface area (Å²) in [6.45, 7) is 0.872. The molecule has 0 amide bonds. The van der Waals surface area contributed by atoms with Gasteiger partial charge in [-0.3, -0.25) is 4.98 Å². The van der Waals surface area contributed by atoms with Crippen molar-refractivity contribution in [2.75, 3.05) is 6.26 Å². The van der Waals surface area contributed by atoms with Gasteiger partial charge < -0.3 is 0 Å². The van der Waals surface area contributed by atoms with E-state index in [4.69, 9.17) is 0 Å². The van der Waals surface area contributed by atoms with Gasteiger partial charge in [0, 0.05) is 12.7 Å². The third kappa shape index (κ3) is 1.57. The number of nitrogens with zero attached hydrogens (tertiary/aromatic N) is 2. The molecule has 0 atom stereocenters. The molecular weight excluding hydrogens is 188 g/mol. The third-order valence-corrected chi connectivity index (χ3v) is 3.32. The third-order valence-electron chi connectivity index (χ3n) is 2.13. The van der Waals surface area contributed by atoms with E-state index in [1.165, 1.54) is 10.6 Å². The lowest BCUT2D eigenvalue weighted by atomic mass is 10.2. The van der Waals surface area contributed by atoms with Gasteiger partial charge in [-0.15, -0.1) is 0 Å². The average Bonchev–Trinajstić information content (AvgIpc) is 2.45. The molecule has 0 spiro atoms. The summed E-state index contributed by atoms with van der Waals surface area (Å²) in [5.74, 6) is 0. The van der Waals surface area contributed by atoms with Crippen molar-refractivity contribution < 1.29 is 8.42 Å². The summed E-state index contributed by atoms with van der Waals surface area (Å²) in [6.07, 6.45) is 2.91. The van der Waals surface area contributed by atoms with Gasteiger partial charge in [-0.1, -0.05) is 6.07 Å². The van der Waals surface area contributed by atoms with E-state index in [2.05, 4.69) is 4.98 Å². The highest BCUT2D eigenvalue weighted by Crippen LogP contribution is 2.21. The molecule has 0 N–H and O–H groups in total. The van der Waals surface area contributed by atoms with E-state index in [1.807, 2.05) is 12.1 Å². The fraction of sp³-hybridized carbons (Fsp3) is 0.375. The number of pyridine rings is 1. The molecule has 1 aromatic heterocycles. The smallest absolute Gasteiger partial charge is 0.211 e. The summed E-state index contributed by atoms with van der Waals surface area (Å²) >= 11 is 0. The quantitative estimate of drug-likeness (QED) is 0.654. The van der Waals surface area contributed by atoms with Crippen molar-refractivity contribution in [2.24, 2.45) is 0 Å². The predicted molar refractivity (Wildman–Crippen MR) is 48.3 cm³/mol. The molecule has 5 heteroatoms. The zero-order chi connectivity index (χ0) is 9.47. The molecule has 0 saturated carbocycles. The van der Waals surface area contributed by atoms with Gasteiger partial charge >= 0.3 is 0 Å². The maximum Gasteiger partial charge on any atom is 0.211 e. The molecule has 0 aliphatic carbocycles. The van der Waals surface area contributed by atoms with Gasteiger partial charge in [-0.05, 0) is 11.6 Å². The Kier molecular flexibility index (Phi) is 1.85. The molecule has 0 fully saturated rings. The summed E-state index contributed by atoms with van der Waals surface area (Å²) in [6, 6.07) is 3.73. The molecule has 0 unspecified atom stereocenters. The summed E-state index contributed by atoms with van der Waals surface area (Å²) < 4.78 is 23.8. The topological polar surface area (TPSA) is 50.3 Å². The number of aromatic nitrogens is 1. The Morgan fingerprint density at radius 2 is 2.23 bits per heavy atom. The highest BCUT2D eigenvalue weighted by Gasteiger charge is 2.26. The molecule has 2 heterocycles. The lowest BCUT2D eigenvalue weighted by Gasteiger charge is -2.09. The number of sulfonamides is 1. The second kappa shape index (κ2) is 2.78. The summed E-state index contributed by atoms with van der Waals surface area (Å²) in [7, 11) is -3.08. The minimum atomic E-state index is -3.08. The molecule has 2 rings (SSSR count). The van der Waals surface area contributed by atoms with E-state index < -0.39 is 10.0 Å². The van der Waals surface area contributed by atoms with E-state index in [-0.39, 0.29) is 0 Å². The minimum absolute atomic E-state index is 0.412. The minimum Gasteiger partial charge on any atom is -0.260 e. The van der Waals surface area contributed by atoms with Gasteiger partial charge in [-0.2, -0.15) is 4.31 Å².